The summed E-state index contributed by atoms with van der Waals surface area (Å²) in [6.45, 7) is 4.57. The van der Waals surface area contributed by atoms with E-state index in [0.29, 0.717) is 22.6 Å². The van der Waals surface area contributed by atoms with E-state index in [0.717, 1.165) is 23.2 Å². The molecule has 0 saturated carbocycles. The lowest BCUT2D eigenvalue weighted by atomic mass is 10.1. The van der Waals surface area contributed by atoms with Crippen molar-refractivity contribution < 1.29 is 4.79 Å². The van der Waals surface area contributed by atoms with E-state index in [-0.39, 0.29) is 17.2 Å². The van der Waals surface area contributed by atoms with Crippen molar-refractivity contribution in [2.24, 2.45) is 0 Å². The van der Waals surface area contributed by atoms with Gasteiger partial charge in [0.2, 0.25) is 5.91 Å². The first-order chi connectivity index (χ1) is 15.5. The maximum Gasteiger partial charge on any atom is 0.266 e. The van der Waals surface area contributed by atoms with Crippen LogP contribution in [0.1, 0.15) is 16.7 Å². The van der Waals surface area contributed by atoms with E-state index in [2.05, 4.69) is 11.4 Å². The van der Waals surface area contributed by atoms with E-state index in [1.807, 2.05) is 74.5 Å². The van der Waals surface area contributed by atoms with Gasteiger partial charge in [-0.3, -0.25) is 14.2 Å². The monoisotopic (exact) mass is 443 g/mol. The fraction of sp³-hybridized carbons (Fsp3) is 0.192. The number of benzene rings is 3. The highest BCUT2D eigenvalue weighted by atomic mass is 32.2. The molecule has 0 aliphatic heterocycles. The van der Waals surface area contributed by atoms with E-state index in [1.165, 1.54) is 17.3 Å². The molecule has 0 saturated heterocycles. The van der Waals surface area contributed by atoms with E-state index in [4.69, 9.17) is 4.98 Å². The fourth-order valence-corrected chi connectivity index (χ4v) is 4.53. The van der Waals surface area contributed by atoms with Crippen molar-refractivity contribution in [3.05, 3.63) is 99.8 Å². The smallest absolute Gasteiger partial charge is 0.266 e. The summed E-state index contributed by atoms with van der Waals surface area (Å²) in [4.78, 5) is 30.5. The number of aromatic nitrogens is 2. The molecule has 0 aliphatic carbocycles. The number of amides is 1. The minimum Gasteiger partial charge on any atom is -0.355 e. The summed E-state index contributed by atoms with van der Waals surface area (Å²) in [5.41, 5.74) is 4.57. The largest absolute Gasteiger partial charge is 0.355 e. The molecule has 3 aromatic carbocycles. The highest BCUT2D eigenvalue weighted by Gasteiger charge is 2.15. The van der Waals surface area contributed by atoms with Gasteiger partial charge in [0, 0.05) is 6.54 Å². The first-order valence-corrected chi connectivity index (χ1v) is 11.5. The number of nitrogens with one attached hydrogen (secondary N) is 1. The van der Waals surface area contributed by atoms with Crippen LogP contribution in [-0.4, -0.2) is 27.8 Å². The summed E-state index contributed by atoms with van der Waals surface area (Å²) in [6, 6.07) is 23.4. The van der Waals surface area contributed by atoms with E-state index >= 15 is 0 Å². The Labute approximate surface area is 191 Å². The summed E-state index contributed by atoms with van der Waals surface area (Å²) in [6.07, 6.45) is 0.777. The van der Waals surface area contributed by atoms with Crippen LogP contribution in [0.2, 0.25) is 0 Å². The van der Waals surface area contributed by atoms with Crippen molar-refractivity contribution in [1.82, 2.24) is 14.9 Å². The molecule has 1 aromatic heterocycles. The minimum absolute atomic E-state index is 0.0830. The van der Waals surface area contributed by atoms with Crippen molar-refractivity contribution in [3.63, 3.8) is 0 Å². The van der Waals surface area contributed by atoms with Crippen LogP contribution in [0.5, 0.6) is 0 Å². The Morgan fingerprint density at radius 2 is 1.66 bits per heavy atom. The van der Waals surface area contributed by atoms with Crippen LogP contribution >= 0.6 is 11.8 Å². The summed E-state index contributed by atoms with van der Waals surface area (Å²) >= 11 is 1.28. The molecule has 6 heteroatoms. The minimum atomic E-state index is -0.132. The number of hydrogen-bond donors (Lipinski definition) is 1. The molecule has 0 unspecified atom stereocenters. The zero-order chi connectivity index (χ0) is 22.5. The number of hydrogen-bond acceptors (Lipinski definition) is 4. The van der Waals surface area contributed by atoms with Gasteiger partial charge in [-0.25, -0.2) is 4.98 Å². The van der Waals surface area contributed by atoms with Crippen LogP contribution in [-0.2, 0) is 11.2 Å². The maximum absolute atomic E-state index is 13.4. The van der Waals surface area contributed by atoms with Crippen molar-refractivity contribution in [3.8, 4) is 5.69 Å². The lowest BCUT2D eigenvalue weighted by molar-refractivity contribution is -0.118. The van der Waals surface area contributed by atoms with Crippen molar-refractivity contribution in [1.29, 1.82) is 0 Å². The molecule has 1 amide bonds. The lowest BCUT2D eigenvalue weighted by Crippen LogP contribution is -2.28. The zero-order valence-corrected chi connectivity index (χ0v) is 19.0. The number of rotatable bonds is 7. The van der Waals surface area contributed by atoms with Gasteiger partial charge in [-0.2, -0.15) is 0 Å². The molecule has 0 fully saturated rings. The van der Waals surface area contributed by atoms with Gasteiger partial charge in [0.1, 0.15) is 0 Å². The molecule has 5 nitrogen and oxygen atoms in total. The second-order valence-electron chi connectivity index (χ2n) is 7.77. The van der Waals surface area contributed by atoms with Gasteiger partial charge in [0.25, 0.3) is 5.56 Å². The molecular weight excluding hydrogens is 418 g/mol. The Bertz CT molecular complexity index is 1300. The van der Waals surface area contributed by atoms with E-state index in [1.54, 1.807) is 10.6 Å². The van der Waals surface area contributed by atoms with E-state index < -0.39 is 0 Å². The quantitative estimate of drug-likeness (QED) is 0.339. The van der Waals surface area contributed by atoms with Crippen molar-refractivity contribution in [2.75, 3.05) is 12.3 Å². The van der Waals surface area contributed by atoms with Gasteiger partial charge in [-0.1, -0.05) is 60.3 Å². The molecule has 0 bridgehead atoms. The average Bonchev–Trinajstić information content (AvgIpc) is 2.78. The lowest BCUT2D eigenvalue weighted by Gasteiger charge is -2.14. The predicted octanol–water partition coefficient (Wildman–Crippen LogP) is 4.45. The molecule has 0 radical (unpaired) electrons. The fourth-order valence-electron chi connectivity index (χ4n) is 3.69. The van der Waals surface area contributed by atoms with Gasteiger partial charge in [0.15, 0.2) is 5.16 Å². The first kappa shape index (κ1) is 21.8. The standard InChI is InChI=1S/C26H25N3O2S/c1-18-14-19(2)16-21(15-18)29-25(31)22-10-6-7-11-23(22)28-26(29)32-17-24(30)27-13-12-20-8-4-3-5-9-20/h3-11,14-16H,12-13,17H2,1-2H3,(H,27,30). The average molecular weight is 444 g/mol. The number of carbonyl (C=O) groups excluding carboxylic acids is 1. The first-order valence-electron chi connectivity index (χ1n) is 10.5. The number of thioether (sulfide) groups is 1. The van der Waals surface area contributed by atoms with Crippen molar-refractivity contribution >= 4 is 28.6 Å². The Kier molecular flexibility index (Phi) is 6.71. The number of carbonyl (C=O) groups is 1. The van der Waals surface area contributed by atoms with Gasteiger partial charge in [-0.05, 0) is 61.2 Å². The Morgan fingerprint density at radius 3 is 2.41 bits per heavy atom. The summed E-state index contributed by atoms with van der Waals surface area (Å²) in [5, 5.41) is 4.03. The summed E-state index contributed by atoms with van der Waals surface area (Å²) < 4.78 is 1.62. The molecule has 32 heavy (non-hydrogen) atoms. The third kappa shape index (κ3) is 5.08. The number of para-hydroxylation sites is 1. The van der Waals surface area contributed by atoms with Crippen LogP contribution < -0.4 is 10.9 Å². The Morgan fingerprint density at radius 1 is 0.969 bits per heavy atom. The van der Waals surface area contributed by atoms with Gasteiger partial charge in [-0.15, -0.1) is 0 Å². The molecule has 0 aliphatic rings. The zero-order valence-electron chi connectivity index (χ0n) is 18.2. The third-order valence-corrected chi connectivity index (χ3v) is 6.06. The second kappa shape index (κ2) is 9.83. The molecule has 0 spiro atoms. The Hall–Kier alpha value is -3.38. The second-order valence-corrected chi connectivity index (χ2v) is 8.71. The molecule has 0 atom stereocenters. The topological polar surface area (TPSA) is 64.0 Å². The number of aryl methyl sites for hydroxylation is 2. The van der Waals surface area contributed by atoms with Crippen molar-refractivity contribution in [2.45, 2.75) is 25.4 Å². The molecule has 1 heterocycles. The maximum atomic E-state index is 13.4. The predicted molar refractivity (Wildman–Crippen MR) is 131 cm³/mol. The highest BCUT2D eigenvalue weighted by Crippen LogP contribution is 2.22. The van der Waals surface area contributed by atoms with Crippen LogP contribution in [0.15, 0.2) is 82.7 Å². The SMILES string of the molecule is Cc1cc(C)cc(-n2c(SCC(=O)NCCc3ccccc3)nc3ccccc3c2=O)c1. The van der Waals surface area contributed by atoms with Crippen LogP contribution in [0.25, 0.3) is 16.6 Å². The number of fused-ring (bicyclic) bond motifs is 1. The van der Waals surface area contributed by atoms with Gasteiger partial charge < -0.3 is 5.32 Å². The molecule has 4 rings (SSSR count). The molecule has 1 N–H and O–H groups in total. The summed E-state index contributed by atoms with van der Waals surface area (Å²) in [5.74, 6) is 0.102. The van der Waals surface area contributed by atoms with Crippen LogP contribution in [0.3, 0.4) is 0 Å². The third-order valence-electron chi connectivity index (χ3n) is 5.12. The molecule has 162 valence electrons. The van der Waals surface area contributed by atoms with Crippen LogP contribution in [0.4, 0.5) is 0 Å². The molecular formula is C26H25N3O2S. The van der Waals surface area contributed by atoms with Crippen LogP contribution in [0, 0.1) is 13.8 Å². The number of nitrogens with zero attached hydrogens (tertiary/aromatic N) is 2. The molecule has 4 aromatic rings. The van der Waals surface area contributed by atoms with E-state index in [9.17, 15) is 9.59 Å². The normalized spacial score (nSPS) is 10.9. The Balaban J connectivity index is 1.57. The summed E-state index contributed by atoms with van der Waals surface area (Å²) in [7, 11) is 0. The van der Waals surface area contributed by atoms with Gasteiger partial charge in [0.05, 0.1) is 22.3 Å². The highest BCUT2D eigenvalue weighted by molar-refractivity contribution is 7.99. The van der Waals surface area contributed by atoms with Gasteiger partial charge >= 0.3 is 0 Å².